The van der Waals surface area contributed by atoms with Crippen LogP contribution in [0, 0.1) is 24.0 Å². The number of hydrazone groups is 1. The maximum absolute atomic E-state index is 12.5. The van der Waals surface area contributed by atoms with Gasteiger partial charge < -0.3 is 9.30 Å². The highest BCUT2D eigenvalue weighted by molar-refractivity contribution is 6.43. The maximum atomic E-state index is 12.5. The summed E-state index contributed by atoms with van der Waals surface area (Å²) in [5.41, 5.74) is 5.37. The highest BCUT2D eigenvalue weighted by Crippen LogP contribution is 2.31. The lowest BCUT2D eigenvalue weighted by atomic mass is 10.1. The number of benzene rings is 2. The third kappa shape index (κ3) is 4.55. The third-order valence-corrected chi connectivity index (χ3v) is 5.46. The number of nitrogens with one attached hydrogen (secondary N) is 1. The number of nitro benzene ring substituents is 1. The molecule has 8 nitrogen and oxygen atoms in total. The van der Waals surface area contributed by atoms with Crippen LogP contribution in [0.2, 0.25) is 10.0 Å². The maximum Gasteiger partial charge on any atom is 0.275 e. The van der Waals surface area contributed by atoms with Crippen LogP contribution in [0.25, 0.3) is 5.69 Å². The Balaban J connectivity index is 1.86. The van der Waals surface area contributed by atoms with Crippen LogP contribution < -0.4 is 10.2 Å². The Morgan fingerprint density at radius 1 is 1.23 bits per heavy atom. The van der Waals surface area contributed by atoms with E-state index in [9.17, 15) is 14.9 Å². The summed E-state index contributed by atoms with van der Waals surface area (Å²) >= 11 is 12.5. The van der Waals surface area contributed by atoms with Gasteiger partial charge in [-0.15, -0.1) is 0 Å². The van der Waals surface area contributed by atoms with Gasteiger partial charge in [-0.05, 0) is 38.1 Å². The van der Waals surface area contributed by atoms with Crippen molar-refractivity contribution in [2.75, 3.05) is 7.11 Å². The zero-order chi connectivity index (χ0) is 22.7. The van der Waals surface area contributed by atoms with Crippen molar-refractivity contribution in [1.29, 1.82) is 0 Å². The Morgan fingerprint density at radius 3 is 2.65 bits per heavy atom. The SMILES string of the molecule is COc1ccc([N+](=O)[O-])cc1C(=O)N/N=C\c1cc(C)n(-c2cccc(Cl)c2Cl)c1C. The standard InChI is InChI=1S/C21H18Cl2N4O4/c1-12-9-14(13(2)26(12)18-6-4-5-17(22)20(18)23)11-24-25-21(28)16-10-15(27(29)30)7-8-19(16)31-3/h4-11H,1-3H3,(H,25,28)/b24-11-. The van der Waals surface area contributed by atoms with E-state index in [1.165, 1.54) is 25.5 Å². The van der Waals surface area contributed by atoms with Crippen molar-refractivity contribution < 1.29 is 14.5 Å². The Labute approximate surface area is 188 Å². The van der Waals surface area contributed by atoms with E-state index in [0.717, 1.165) is 28.7 Å². The van der Waals surface area contributed by atoms with Crippen molar-refractivity contribution in [2.45, 2.75) is 13.8 Å². The molecular weight excluding hydrogens is 443 g/mol. The second-order valence-electron chi connectivity index (χ2n) is 6.58. The van der Waals surface area contributed by atoms with Gasteiger partial charge in [-0.1, -0.05) is 29.3 Å². The van der Waals surface area contributed by atoms with Crippen molar-refractivity contribution in [3.63, 3.8) is 0 Å². The number of ether oxygens (including phenoxy) is 1. The van der Waals surface area contributed by atoms with Crippen LogP contribution >= 0.6 is 23.2 Å². The van der Waals surface area contributed by atoms with E-state index in [4.69, 9.17) is 27.9 Å². The van der Waals surface area contributed by atoms with Crippen LogP contribution in [0.1, 0.15) is 27.3 Å². The molecule has 0 atom stereocenters. The number of rotatable bonds is 6. The van der Waals surface area contributed by atoms with E-state index in [-0.39, 0.29) is 17.0 Å². The number of carbonyl (C=O) groups is 1. The largest absolute Gasteiger partial charge is 0.496 e. The minimum absolute atomic E-state index is 0.00466. The van der Waals surface area contributed by atoms with E-state index < -0.39 is 10.8 Å². The monoisotopic (exact) mass is 460 g/mol. The summed E-state index contributed by atoms with van der Waals surface area (Å²) in [6.45, 7) is 3.80. The van der Waals surface area contributed by atoms with Crippen molar-refractivity contribution in [3.05, 3.63) is 85.1 Å². The molecule has 1 amide bonds. The number of nitro groups is 1. The second kappa shape index (κ2) is 9.20. The molecule has 0 radical (unpaired) electrons. The Hall–Kier alpha value is -3.36. The minimum atomic E-state index is -0.636. The predicted molar refractivity (Wildman–Crippen MR) is 120 cm³/mol. The fraction of sp³-hybridized carbons (Fsp3) is 0.143. The number of aromatic nitrogens is 1. The van der Waals surface area contributed by atoms with E-state index in [0.29, 0.717) is 10.0 Å². The molecule has 0 aliphatic carbocycles. The van der Waals surface area contributed by atoms with Crippen LogP contribution in [0.4, 0.5) is 5.69 Å². The first kappa shape index (κ1) is 22.3. The molecule has 0 aliphatic rings. The number of nitrogens with zero attached hydrogens (tertiary/aromatic N) is 3. The zero-order valence-corrected chi connectivity index (χ0v) is 18.4. The molecule has 31 heavy (non-hydrogen) atoms. The number of carbonyl (C=O) groups excluding carboxylic acids is 1. The van der Waals surface area contributed by atoms with Crippen LogP contribution in [0.5, 0.6) is 5.75 Å². The second-order valence-corrected chi connectivity index (χ2v) is 7.36. The van der Waals surface area contributed by atoms with Crippen molar-refractivity contribution in [1.82, 2.24) is 9.99 Å². The van der Waals surface area contributed by atoms with Gasteiger partial charge in [0.2, 0.25) is 0 Å². The van der Waals surface area contributed by atoms with Gasteiger partial charge >= 0.3 is 0 Å². The Kier molecular flexibility index (Phi) is 6.62. The smallest absolute Gasteiger partial charge is 0.275 e. The van der Waals surface area contributed by atoms with Crippen molar-refractivity contribution in [2.24, 2.45) is 5.10 Å². The number of hydrogen-bond donors (Lipinski definition) is 1. The number of halogens is 2. The molecule has 0 unspecified atom stereocenters. The molecular formula is C21H18Cl2N4O4. The third-order valence-electron chi connectivity index (χ3n) is 4.65. The summed E-state index contributed by atoms with van der Waals surface area (Å²) < 4.78 is 7.04. The van der Waals surface area contributed by atoms with E-state index >= 15 is 0 Å². The minimum Gasteiger partial charge on any atom is -0.496 e. The molecule has 0 saturated carbocycles. The van der Waals surface area contributed by atoms with Gasteiger partial charge in [-0.25, -0.2) is 5.43 Å². The molecule has 0 bridgehead atoms. The molecule has 0 fully saturated rings. The number of methoxy groups -OCH3 is 1. The quantitative estimate of drug-likeness (QED) is 0.314. The van der Waals surface area contributed by atoms with Gasteiger partial charge in [-0.3, -0.25) is 14.9 Å². The highest BCUT2D eigenvalue weighted by Gasteiger charge is 2.17. The average Bonchev–Trinajstić information content (AvgIpc) is 3.02. The normalized spacial score (nSPS) is 11.0. The summed E-state index contributed by atoms with van der Waals surface area (Å²) in [7, 11) is 1.37. The average molecular weight is 461 g/mol. The lowest BCUT2D eigenvalue weighted by Crippen LogP contribution is -2.18. The van der Waals surface area contributed by atoms with Gasteiger partial charge in [0.05, 0.1) is 39.5 Å². The molecule has 1 heterocycles. The molecule has 3 aromatic rings. The Bertz CT molecular complexity index is 1200. The van der Waals surface area contributed by atoms with Gasteiger partial charge in [0.1, 0.15) is 5.75 Å². The first-order chi connectivity index (χ1) is 14.7. The fourth-order valence-electron chi connectivity index (χ4n) is 3.16. The highest BCUT2D eigenvalue weighted by atomic mass is 35.5. The summed E-state index contributed by atoms with van der Waals surface area (Å²) in [6, 6.07) is 11.0. The van der Waals surface area contributed by atoms with Crippen LogP contribution in [-0.4, -0.2) is 28.7 Å². The molecule has 0 aliphatic heterocycles. The Morgan fingerprint density at radius 2 is 1.97 bits per heavy atom. The molecule has 3 rings (SSSR count). The molecule has 0 saturated heterocycles. The van der Waals surface area contributed by atoms with E-state index in [1.54, 1.807) is 6.07 Å². The van der Waals surface area contributed by atoms with Crippen LogP contribution in [0.15, 0.2) is 47.6 Å². The first-order valence-electron chi connectivity index (χ1n) is 9.03. The van der Waals surface area contributed by atoms with Gasteiger partial charge in [0, 0.05) is 29.1 Å². The topological polar surface area (TPSA) is 98.8 Å². The summed E-state index contributed by atoms with van der Waals surface area (Å²) in [4.78, 5) is 22.9. The zero-order valence-electron chi connectivity index (χ0n) is 16.8. The van der Waals surface area contributed by atoms with Crippen LogP contribution in [0.3, 0.4) is 0 Å². The molecule has 1 N–H and O–H groups in total. The number of aryl methyl sites for hydroxylation is 1. The summed E-state index contributed by atoms with van der Waals surface area (Å²) in [6.07, 6.45) is 1.49. The lowest BCUT2D eigenvalue weighted by molar-refractivity contribution is -0.384. The van der Waals surface area contributed by atoms with E-state index in [2.05, 4.69) is 10.5 Å². The molecule has 10 heteroatoms. The number of hydrogen-bond acceptors (Lipinski definition) is 5. The fourth-order valence-corrected chi connectivity index (χ4v) is 3.54. The molecule has 160 valence electrons. The first-order valence-corrected chi connectivity index (χ1v) is 9.79. The van der Waals surface area contributed by atoms with Gasteiger partial charge in [0.15, 0.2) is 0 Å². The summed E-state index contributed by atoms with van der Waals surface area (Å²) in [5.74, 6) is -0.435. The van der Waals surface area contributed by atoms with Gasteiger partial charge in [-0.2, -0.15) is 5.10 Å². The van der Waals surface area contributed by atoms with Gasteiger partial charge in [0.25, 0.3) is 11.6 Å². The number of amides is 1. The van der Waals surface area contributed by atoms with Crippen LogP contribution in [-0.2, 0) is 0 Å². The summed E-state index contributed by atoms with van der Waals surface area (Å²) in [5, 5.41) is 15.9. The predicted octanol–water partition coefficient (Wildman–Crippen LogP) is 5.08. The van der Waals surface area contributed by atoms with Crippen molar-refractivity contribution in [3.8, 4) is 11.4 Å². The number of non-ortho nitro benzene ring substituents is 1. The molecule has 1 aromatic heterocycles. The molecule has 2 aromatic carbocycles. The molecule has 0 spiro atoms. The lowest BCUT2D eigenvalue weighted by Gasteiger charge is -2.12. The van der Waals surface area contributed by atoms with Crippen molar-refractivity contribution >= 4 is 41.0 Å². The van der Waals surface area contributed by atoms with E-state index in [1.807, 2.05) is 36.6 Å².